The molecule has 5 nitrogen and oxygen atoms in total. The lowest BCUT2D eigenvalue weighted by Crippen LogP contribution is -2.51. The molecule has 2 atom stereocenters. The normalized spacial score (nSPS) is 25.6. The Morgan fingerprint density at radius 2 is 1.72 bits per heavy atom. The van der Waals surface area contributed by atoms with Crippen LogP contribution in [0.5, 0.6) is 0 Å². The molecule has 2 bridgehead atoms. The number of hydrogen-bond acceptors (Lipinski definition) is 4. The van der Waals surface area contributed by atoms with Crippen LogP contribution in [0.4, 0.5) is 5.82 Å². The average Bonchev–Trinajstić information content (AvgIpc) is 3.01. The fraction of sp³-hybridized carbons (Fsp3) is 0.542. The number of rotatable bonds is 3. The zero-order valence-corrected chi connectivity index (χ0v) is 17.5. The van der Waals surface area contributed by atoms with Crippen molar-refractivity contribution in [2.45, 2.75) is 76.4 Å². The minimum absolute atomic E-state index is 0.138. The zero-order chi connectivity index (χ0) is 20.0. The van der Waals surface area contributed by atoms with Crippen LogP contribution in [0, 0.1) is 6.92 Å². The van der Waals surface area contributed by atoms with E-state index in [1.807, 2.05) is 49.2 Å². The fourth-order valence-corrected chi connectivity index (χ4v) is 5.67. The van der Waals surface area contributed by atoms with Gasteiger partial charge in [0.2, 0.25) is 0 Å². The molecule has 3 heterocycles. The van der Waals surface area contributed by atoms with Gasteiger partial charge in [-0.05, 0) is 70.4 Å². The lowest BCUT2D eigenvalue weighted by Gasteiger charge is -2.43. The predicted molar refractivity (Wildman–Crippen MR) is 114 cm³/mol. The van der Waals surface area contributed by atoms with Gasteiger partial charge >= 0.3 is 0 Å². The highest BCUT2D eigenvalue weighted by Crippen LogP contribution is 2.42. The molecule has 1 aliphatic carbocycles. The van der Waals surface area contributed by atoms with Gasteiger partial charge in [-0.2, -0.15) is 0 Å². The third-order valence-corrected chi connectivity index (χ3v) is 7.11. The van der Waals surface area contributed by atoms with Crippen LogP contribution in [0.1, 0.15) is 66.0 Å². The van der Waals surface area contributed by atoms with E-state index < -0.39 is 0 Å². The molecule has 1 amide bonds. The maximum atomic E-state index is 13.0. The molecular formula is C24H30N4O. The smallest absolute Gasteiger partial charge is 0.253 e. The number of amides is 1. The highest BCUT2D eigenvalue weighted by Gasteiger charge is 2.44. The highest BCUT2D eigenvalue weighted by molar-refractivity contribution is 5.94. The zero-order valence-electron chi connectivity index (χ0n) is 17.5. The number of aromatic nitrogens is 2. The molecular weight excluding hydrogens is 360 g/mol. The van der Waals surface area contributed by atoms with E-state index in [0.717, 1.165) is 37.1 Å². The SMILES string of the molecule is Cc1nc2c(c(N3C4CCC3CC(N(C)C(=O)c3ccccc3)C4)n1)CCCC2. The molecule has 2 saturated heterocycles. The second-order valence-corrected chi connectivity index (χ2v) is 8.93. The maximum Gasteiger partial charge on any atom is 0.253 e. The Hall–Kier alpha value is -2.43. The number of hydrogen-bond donors (Lipinski definition) is 0. The second-order valence-electron chi connectivity index (χ2n) is 8.93. The second kappa shape index (κ2) is 7.43. The lowest BCUT2D eigenvalue weighted by molar-refractivity contribution is 0.0693. The largest absolute Gasteiger partial charge is 0.350 e. The van der Waals surface area contributed by atoms with Gasteiger partial charge in [0, 0.05) is 42.0 Å². The number of aryl methyl sites for hydroxylation is 2. The molecule has 0 spiro atoms. The standard InChI is InChI=1S/C24H30N4O/c1-16-25-22-11-7-6-10-21(22)23(26-16)28-18-12-13-19(28)15-20(14-18)27(2)24(29)17-8-4-3-5-9-17/h3-5,8-9,18-20H,6-7,10-15H2,1-2H3. The van der Waals surface area contributed by atoms with E-state index in [4.69, 9.17) is 9.97 Å². The molecule has 5 heteroatoms. The van der Waals surface area contributed by atoms with Gasteiger partial charge in [0.25, 0.3) is 5.91 Å². The van der Waals surface area contributed by atoms with E-state index in [9.17, 15) is 4.79 Å². The van der Waals surface area contributed by atoms with Gasteiger partial charge in [0.05, 0.1) is 0 Å². The Bertz CT molecular complexity index is 899. The fourth-order valence-electron chi connectivity index (χ4n) is 5.67. The molecule has 2 aromatic rings. The molecule has 2 unspecified atom stereocenters. The first-order valence-corrected chi connectivity index (χ1v) is 11.1. The first-order valence-electron chi connectivity index (χ1n) is 11.1. The minimum Gasteiger partial charge on any atom is -0.350 e. The van der Waals surface area contributed by atoms with Crippen LogP contribution < -0.4 is 4.90 Å². The van der Waals surface area contributed by atoms with Crippen molar-refractivity contribution in [2.24, 2.45) is 0 Å². The van der Waals surface area contributed by atoms with Crippen LogP contribution in [0.2, 0.25) is 0 Å². The van der Waals surface area contributed by atoms with E-state index in [-0.39, 0.29) is 5.91 Å². The molecule has 152 valence electrons. The van der Waals surface area contributed by atoms with Crippen molar-refractivity contribution in [1.29, 1.82) is 0 Å². The van der Waals surface area contributed by atoms with Crippen molar-refractivity contribution >= 4 is 11.7 Å². The van der Waals surface area contributed by atoms with E-state index in [0.29, 0.717) is 18.1 Å². The van der Waals surface area contributed by atoms with Crippen molar-refractivity contribution < 1.29 is 4.79 Å². The number of nitrogens with zero attached hydrogens (tertiary/aromatic N) is 4. The Morgan fingerprint density at radius 1 is 1.03 bits per heavy atom. The summed E-state index contributed by atoms with van der Waals surface area (Å²) in [5.74, 6) is 2.24. The molecule has 1 aromatic carbocycles. The van der Waals surface area contributed by atoms with Gasteiger partial charge in [-0.15, -0.1) is 0 Å². The maximum absolute atomic E-state index is 13.0. The summed E-state index contributed by atoms with van der Waals surface area (Å²) in [4.78, 5) is 27.2. The van der Waals surface area contributed by atoms with Crippen LogP contribution in [0.3, 0.4) is 0 Å². The molecule has 3 aliphatic rings. The van der Waals surface area contributed by atoms with E-state index in [1.165, 1.54) is 42.8 Å². The third-order valence-electron chi connectivity index (χ3n) is 7.11. The van der Waals surface area contributed by atoms with Crippen molar-refractivity contribution in [3.05, 3.63) is 53.0 Å². The third kappa shape index (κ3) is 3.30. The number of fused-ring (bicyclic) bond motifs is 3. The number of anilines is 1. The van der Waals surface area contributed by atoms with E-state index in [1.54, 1.807) is 0 Å². The van der Waals surface area contributed by atoms with Crippen molar-refractivity contribution in [3.63, 3.8) is 0 Å². The summed E-state index contributed by atoms with van der Waals surface area (Å²) in [6.07, 6.45) is 9.14. The van der Waals surface area contributed by atoms with Gasteiger partial charge in [-0.3, -0.25) is 4.79 Å². The topological polar surface area (TPSA) is 49.3 Å². The summed E-state index contributed by atoms with van der Waals surface area (Å²) >= 11 is 0. The van der Waals surface area contributed by atoms with Crippen LogP contribution in [-0.4, -0.2) is 45.9 Å². The highest BCUT2D eigenvalue weighted by atomic mass is 16.2. The van der Waals surface area contributed by atoms with Crippen molar-refractivity contribution in [1.82, 2.24) is 14.9 Å². The monoisotopic (exact) mass is 390 g/mol. The summed E-state index contributed by atoms with van der Waals surface area (Å²) < 4.78 is 0. The summed E-state index contributed by atoms with van der Waals surface area (Å²) in [5.41, 5.74) is 3.45. The molecule has 0 radical (unpaired) electrons. The first-order chi connectivity index (χ1) is 14.1. The summed E-state index contributed by atoms with van der Waals surface area (Å²) in [5, 5.41) is 0. The quantitative estimate of drug-likeness (QED) is 0.797. The van der Waals surface area contributed by atoms with Gasteiger partial charge in [0.1, 0.15) is 11.6 Å². The lowest BCUT2D eigenvalue weighted by atomic mass is 9.92. The van der Waals surface area contributed by atoms with E-state index in [2.05, 4.69) is 4.90 Å². The number of carbonyl (C=O) groups is 1. The number of carbonyl (C=O) groups excluding carboxylic acids is 1. The Morgan fingerprint density at radius 3 is 2.45 bits per heavy atom. The van der Waals surface area contributed by atoms with Crippen molar-refractivity contribution in [2.75, 3.05) is 11.9 Å². The Labute approximate surface area is 173 Å². The first kappa shape index (κ1) is 18.6. The van der Waals surface area contributed by atoms with Crippen LogP contribution >= 0.6 is 0 Å². The molecule has 29 heavy (non-hydrogen) atoms. The van der Waals surface area contributed by atoms with Crippen LogP contribution in [0.25, 0.3) is 0 Å². The molecule has 1 aromatic heterocycles. The van der Waals surface area contributed by atoms with Gasteiger partial charge in [-0.25, -0.2) is 9.97 Å². The van der Waals surface area contributed by atoms with Crippen molar-refractivity contribution in [3.8, 4) is 0 Å². The van der Waals surface area contributed by atoms with E-state index >= 15 is 0 Å². The Kier molecular flexibility index (Phi) is 4.76. The minimum atomic E-state index is 0.138. The van der Waals surface area contributed by atoms with Gasteiger partial charge in [0.15, 0.2) is 0 Å². The predicted octanol–water partition coefficient (Wildman–Crippen LogP) is 3.94. The molecule has 2 aliphatic heterocycles. The molecule has 2 fully saturated rings. The average molecular weight is 391 g/mol. The van der Waals surface area contributed by atoms with Gasteiger partial charge in [-0.1, -0.05) is 18.2 Å². The summed E-state index contributed by atoms with van der Waals surface area (Å²) in [6.45, 7) is 2.03. The molecule has 0 saturated carbocycles. The molecule has 5 rings (SSSR count). The van der Waals surface area contributed by atoms with Crippen LogP contribution in [-0.2, 0) is 12.8 Å². The van der Waals surface area contributed by atoms with Crippen LogP contribution in [0.15, 0.2) is 30.3 Å². The van der Waals surface area contributed by atoms with Gasteiger partial charge < -0.3 is 9.80 Å². The summed E-state index contributed by atoms with van der Waals surface area (Å²) in [6, 6.07) is 10.9. The number of piperidine rings is 1. The number of benzene rings is 1. The molecule has 0 N–H and O–H groups in total. The summed E-state index contributed by atoms with van der Waals surface area (Å²) in [7, 11) is 1.98. The Balaban J connectivity index is 1.39.